The number of ether oxygens (including phenoxy) is 1. The van der Waals surface area contributed by atoms with Gasteiger partial charge in [-0.3, -0.25) is 4.79 Å². The van der Waals surface area contributed by atoms with Gasteiger partial charge in [0.2, 0.25) is 0 Å². The van der Waals surface area contributed by atoms with Crippen LogP contribution in [0.1, 0.15) is 35.2 Å². The second-order valence-corrected chi connectivity index (χ2v) is 6.61. The SMILES string of the molecule is CCc1ccc(OCC(=O)NC(c2ccccc2)c2ccc(C)cc2)cc1. The van der Waals surface area contributed by atoms with Crippen LogP contribution in [0.15, 0.2) is 78.9 Å². The monoisotopic (exact) mass is 359 g/mol. The number of hydrogen-bond acceptors (Lipinski definition) is 2. The molecule has 1 amide bonds. The van der Waals surface area contributed by atoms with Crippen LogP contribution in [0.2, 0.25) is 0 Å². The summed E-state index contributed by atoms with van der Waals surface area (Å²) < 4.78 is 5.65. The normalized spacial score (nSPS) is 11.6. The second-order valence-electron chi connectivity index (χ2n) is 6.61. The number of benzene rings is 3. The van der Waals surface area contributed by atoms with Crippen LogP contribution >= 0.6 is 0 Å². The Bertz CT molecular complexity index is 855. The molecule has 0 radical (unpaired) electrons. The van der Waals surface area contributed by atoms with E-state index in [4.69, 9.17) is 4.74 Å². The van der Waals surface area contributed by atoms with Gasteiger partial charge in [-0.25, -0.2) is 0 Å². The molecule has 3 aromatic carbocycles. The summed E-state index contributed by atoms with van der Waals surface area (Å²) in [6.07, 6.45) is 0.982. The zero-order valence-corrected chi connectivity index (χ0v) is 15.8. The summed E-state index contributed by atoms with van der Waals surface area (Å²) in [5.74, 6) is 0.554. The first kappa shape index (κ1) is 18.7. The van der Waals surface area contributed by atoms with E-state index in [1.165, 1.54) is 11.1 Å². The third kappa shape index (κ3) is 5.20. The van der Waals surface area contributed by atoms with Crippen LogP contribution in [0.4, 0.5) is 0 Å². The highest BCUT2D eigenvalue weighted by Gasteiger charge is 2.17. The van der Waals surface area contributed by atoms with Gasteiger partial charge >= 0.3 is 0 Å². The molecule has 1 unspecified atom stereocenters. The maximum Gasteiger partial charge on any atom is 0.258 e. The van der Waals surface area contributed by atoms with E-state index in [1.54, 1.807) is 0 Å². The van der Waals surface area contributed by atoms with E-state index in [0.717, 1.165) is 17.5 Å². The number of amides is 1. The van der Waals surface area contributed by atoms with Gasteiger partial charge < -0.3 is 10.1 Å². The number of hydrogen-bond donors (Lipinski definition) is 1. The third-order valence-corrected chi connectivity index (χ3v) is 4.55. The van der Waals surface area contributed by atoms with Gasteiger partial charge in [0.1, 0.15) is 5.75 Å². The van der Waals surface area contributed by atoms with Crippen molar-refractivity contribution in [3.63, 3.8) is 0 Å². The topological polar surface area (TPSA) is 38.3 Å². The first-order valence-corrected chi connectivity index (χ1v) is 9.28. The van der Waals surface area contributed by atoms with Crippen molar-refractivity contribution in [2.45, 2.75) is 26.3 Å². The summed E-state index contributed by atoms with van der Waals surface area (Å²) in [5, 5.41) is 3.10. The minimum absolute atomic E-state index is 0.0132. The lowest BCUT2D eigenvalue weighted by molar-refractivity contribution is -0.123. The summed E-state index contributed by atoms with van der Waals surface area (Å²) in [7, 11) is 0. The number of carbonyl (C=O) groups is 1. The lowest BCUT2D eigenvalue weighted by atomic mass is 9.98. The highest BCUT2D eigenvalue weighted by atomic mass is 16.5. The summed E-state index contributed by atoms with van der Waals surface area (Å²) >= 11 is 0. The maximum absolute atomic E-state index is 12.5. The van der Waals surface area contributed by atoms with Crippen LogP contribution in [-0.4, -0.2) is 12.5 Å². The lowest BCUT2D eigenvalue weighted by Crippen LogP contribution is -2.33. The Kier molecular flexibility index (Phi) is 6.26. The molecule has 1 atom stereocenters. The van der Waals surface area contributed by atoms with Crippen molar-refractivity contribution in [3.8, 4) is 5.75 Å². The zero-order valence-electron chi connectivity index (χ0n) is 15.8. The van der Waals surface area contributed by atoms with Crippen LogP contribution in [0, 0.1) is 6.92 Å². The van der Waals surface area contributed by atoms with Gasteiger partial charge in [0, 0.05) is 0 Å². The zero-order chi connectivity index (χ0) is 19.1. The minimum atomic E-state index is -0.203. The molecular formula is C24H25NO2. The molecule has 0 saturated carbocycles. The van der Waals surface area contributed by atoms with Gasteiger partial charge in [0.05, 0.1) is 6.04 Å². The fourth-order valence-corrected chi connectivity index (χ4v) is 2.94. The second kappa shape index (κ2) is 9.04. The van der Waals surface area contributed by atoms with E-state index in [2.05, 4.69) is 43.4 Å². The lowest BCUT2D eigenvalue weighted by Gasteiger charge is -2.20. The van der Waals surface area contributed by atoms with E-state index in [-0.39, 0.29) is 18.6 Å². The average molecular weight is 359 g/mol. The molecule has 0 spiro atoms. The number of carbonyl (C=O) groups excluding carboxylic acids is 1. The van der Waals surface area contributed by atoms with E-state index in [9.17, 15) is 4.79 Å². The standard InChI is InChI=1S/C24H25NO2/c1-3-19-11-15-22(16-12-19)27-17-23(26)25-24(20-7-5-4-6-8-20)21-13-9-18(2)10-14-21/h4-16,24H,3,17H2,1-2H3,(H,25,26). The van der Waals surface area contributed by atoms with Crippen molar-refractivity contribution in [2.24, 2.45) is 0 Å². The molecule has 3 rings (SSSR count). The van der Waals surface area contributed by atoms with Crippen molar-refractivity contribution in [3.05, 3.63) is 101 Å². The van der Waals surface area contributed by atoms with Gasteiger partial charge in [-0.15, -0.1) is 0 Å². The first-order chi connectivity index (χ1) is 13.2. The summed E-state index contributed by atoms with van der Waals surface area (Å²) in [6.45, 7) is 4.15. The maximum atomic E-state index is 12.5. The van der Waals surface area contributed by atoms with E-state index < -0.39 is 0 Å². The Hall–Kier alpha value is -3.07. The predicted octanol–water partition coefficient (Wildman–Crippen LogP) is 4.84. The molecule has 27 heavy (non-hydrogen) atoms. The van der Waals surface area contributed by atoms with Crippen LogP contribution in [0.25, 0.3) is 0 Å². The van der Waals surface area contributed by atoms with Crippen molar-refractivity contribution in [1.82, 2.24) is 5.32 Å². The van der Waals surface area contributed by atoms with Gasteiger partial charge in [-0.1, -0.05) is 79.2 Å². The largest absolute Gasteiger partial charge is 0.484 e. The molecule has 0 fully saturated rings. The Balaban J connectivity index is 1.69. The molecule has 0 aromatic heterocycles. The quantitative estimate of drug-likeness (QED) is 0.655. The molecule has 138 valence electrons. The first-order valence-electron chi connectivity index (χ1n) is 9.28. The minimum Gasteiger partial charge on any atom is -0.484 e. The Morgan fingerprint density at radius 2 is 1.52 bits per heavy atom. The molecule has 0 saturated heterocycles. The fraction of sp³-hybridized carbons (Fsp3) is 0.208. The van der Waals surface area contributed by atoms with Crippen molar-refractivity contribution < 1.29 is 9.53 Å². The molecule has 3 nitrogen and oxygen atoms in total. The molecule has 0 aliphatic carbocycles. The fourth-order valence-electron chi connectivity index (χ4n) is 2.94. The number of aryl methyl sites for hydroxylation is 2. The molecule has 0 aliphatic rings. The van der Waals surface area contributed by atoms with Crippen LogP contribution in [0.3, 0.4) is 0 Å². The summed E-state index contributed by atoms with van der Waals surface area (Å²) in [5.41, 5.74) is 4.53. The third-order valence-electron chi connectivity index (χ3n) is 4.55. The molecule has 0 bridgehead atoms. The van der Waals surface area contributed by atoms with Crippen molar-refractivity contribution >= 4 is 5.91 Å². The molecule has 1 N–H and O–H groups in total. The van der Waals surface area contributed by atoms with Crippen molar-refractivity contribution in [1.29, 1.82) is 0 Å². The molecule has 0 aliphatic heterocycles. The Morgan fingerprint density at radius 3 is 2.15 bits per heavy atom. The van der Waals surface area contributed by atoms with Crippen molar-refractivity contribution in [2.75, 3.05) is 6.61 Å². The van der Waals surface area contributed by atoms with Crippen LogP contribution in [-0.2, 0) is 11.2 Å². The molecule has 3 aromatic rings. The summed E-state index contributed by atoms with van der Waals surface area (Å²) in [4.78, 5) is 12.5. The highest BCUT2D eigenvalue weighted by molar-refractivity contribution is 5.78. The molecule has 0 heterocycles. The highest BCUT2D eigenvalue weighted by Crippen LogP contribution is 2.22. The Labute approximate surface area is 161 Å². The smallest absolute Gasteiger partial charge is 0.258 e. The van der Waals surface area contributed by atoms with E-state index in [0.29, 0.717) is 5.75 Å². The Morgan fingerprint density at radius 1 is 0.889 bits per heavy atom. The van der Waals surface area contributed by atoms with Gasteiger partial charge in [-0.05, 0) is 42.2 Å². The average Bonchev–Trinajstić information content (AvgIpc) is 2.72. The van der Waals surface area contributed by atoms with Gasteiger partial charge in [0.25, 0.3) is 5.91 Å². The van der Waals surface area contributed by atoms with Gasteiger partial charge in [-0.2, -0.15) is 0 Å². The number of rotatable bonds is 7. The summed E-state index contributed by atoms with van der Waals surface area (Å²) in [6, 6.07) is 25.8. The predicted molar refractivity (Wildman–Crippen MR) is 109 cm³/mol. The number of nitrogens with one attached hydrogen (secondary N) is 1. The van der Waals surface area contributed by atoms with E-state index in [1.807, 2.05) is 54.6 Å². The molecular weight excluding hydrogens is 334 g/mol. The van der Waals surface area contributed by atoms with Gasteiger partial charge in [0.15, 0.2) is 6.61 Å². The molecule has 3 heteroatoms. The van der Waals surface area contributed by atoms with E-state index >= 15 is 0 Å². The van der Waals surface area contributed by atoms with Crippen LogP contribution in [0.5, 0.6) is 5.75 Å². The van der Waals surface area contributed by atoms with Crippen LogP contribution < -0.4 is 10.1 Å².